The fourth-order valence-electron chi connectivity index (χ4n) is 1.55. The Morgan fingerprint density at radius 1 is 1.75 bits per heavy atom. The standard InChI is InChI=1S/C8H16N2O2/c1-12-5-3-7-2-4-10(6-7)8(9)11/h7H,2-6H2,1H3,(H2,9,11). The Bertz CT molecular complexity index is 161. The van der Waals surface area contributed by atoms with Gasteiger partial charge in [0.1, 0.15) is 0 Å². The molecule has 1 aliphatic rings. The molecule has 1 saturated heterocycles. The molecular formula is C8H16N2O2. The third-order valence-corrected chi connectivity index (χ3v) is 2.33. The van der Waals surface area contributed by atoms with Gasteiger partial charge in [-0.3, -0.25) is 0 Å². The summed E-state index contributed by atoms with van der Waals surface area (Å²) in [5.41, 5.74) is 5.14. The SMILES string of the molecule is COCCC1CCN(C(N)=O)C1. The minimum absolute atomic E-state index is 0.296. The zero-order chi connectivity index (χ0) is 8.97. The molecule has 2 amide bonds. The van der Waals surface area contributed by atoms with Crippen molar-refractivity contribution in [2.75, 3.05) is 26.8 Å². The summed E-state index contributed by atoms with van der Waals surface area (Å²) in [6, 6.07) is -0.296. The molecule has 0 aromatic rings. The number of primary amides is 1. The molecule has 0 saturated carbocycles. The average Bonchev–Trinajstić information content (AvgIpc) is 2.48. The number of urea groups is 1. The van der Waals surface area contributed by atoms with Crippen molar-refractivity contribution in [3.05, 3.63) is 0 Å². The Kier molecular flexibility index (Phi) is 3.34. The molecule has 12 heavy (non-hydrogen) atoms. The third kappa shape index (κ3) is 2.37. The van der Waals surface area contributed by atoms with Crippen LogP contribution in [0.4, 0.5) is 4.79 Å². The van der Waals surface area contributed by atoms with Crippen LogP contribution in [0.3, 0.4) is 0 Å². The molecule has 4 heteroatoms. The number of carbonyl (C=O) groups excluding carboxylic acids is 1. The Balaban J connectivity index is 2.21. The number of rotatable bonds is 3. The van der Waals surface area contributed by atoms with Crippen LogP contribution in [0.1, 0.15) is 12.8 Å². The highest BCUT2D eigenvalue weighted by molar-refractivity contribution is 5.72. The predicted molar refractivity (Wildman–Crippen MR) is 45.8 cm³/mol. The lowest BCUT2D eigenvalue weighted by atomic mass is 10.1. The van der Waals surface area contributed by atoms with E-state index >= 15 is 0 Å². The van der Waals surface area contributed by atoms with Gasteiger partial charge in [0.2, 0.25) is 0 Å². The Labute approximate surface area is 72.7 Å². The molecule has 1 heterocycles. The van der Waals surface area contributed by atoms with Gasteiger partial charge in [0.15, 0.2) is 0 Å². The van der Waals surface area contributed by atoms with E-state index in [0.29, 0.717) is 5.92 Å². The molecule has 70 valence electrons. The van der Waals surface area contributed by atoms with Crippen LogP contribution in [0.2, 0.25) is 0 Å². The van der Waals surface area contributed by atoms with Crippen molar-refractivity contribution in [1.29, 1.82) is 0 Å². The lowest BCUT2D eigenvalue weighted by Gasteiger charge is -2.12. The maximum absolute atomic E-state index is 10.7. The summed E-state index contributed by atoms with van der Waals surface area (Å²) in [5, 5.41) is 0. The number of hydrogen-bond donors (Lipinski definition) is 1. The van der Waals surface area contributed by atoms with E-state index in [-0.39, 0.29) is 6.03 Å². The molecule has 0 bridgehead atoms. The summed E-state index contributed by atoms with van der Waals surface area (Å²) >= 11 is 0. The van der Waals surface area contributed by atoms with Gasteiger partial charge in [-0.2, -0.15) is 0 Å². The van der Waals surface area contributed by atoms with Crippen molar-refractivity contribution in [3.63, 3.8) is 0 Å². The minimum Gasteiger partial charge on any atom is -0.385 e. The Hall–Kier alpha value is -0.770. The Morgan fingerprint density at radius 3 is 3.00 bits per heavy atom. The summed E-state index contributed by atoms with van der Waals surface area (Å²) in [7, 11) is 1.70. The van der Waals surface area contributed by atoms with Crippen LogP contribution in [0.25, 0.3) is 0 Å². The molecule has 0 aromatic carbocycles. The summed E-state index contributed by atoms with van der Waals surface area (Å²) in [6.45, 7) is 2.39. The van der Waals surface area contributed by atoms with Gasteiger partial charge in [0.05, 0.1) is 0 Å². The average molecular weight is 172 g/mol. The quantitative estimate of drug-likeness (QED) is 0.671. The van der Waals surface area contributed by atoms with Crippen LogP contribution in [0.5, 0.6) is 0 Å². The van der Waals surface area contributed by atoms with Gasteiger partial charge in [-0.25, -0.2) is 4.79 Å². The molecule has 0 radical (unpaired) electrons. The number of likely N-dealkylation sites (tertiary alicyclic amines) is 1. The van der Waals surface area contributed by atoms with Crippen LogP contribution in [-0.2, 0) is 4.74 Å². The fourth-order valence-corrected chi connectivity index (χ4v) is 1.55. The molecule has 4 nitrogen and oxygen atoms in total. The van der Waals surface area contributed by atoms with Crippen molar-refractivity contribution >= 4 is 6.03 Å². The highest BCUT2D eigenvalue weighted by Crippen LogP contribution is 2.18. The number of methoxy groups -OCH3 is 1. The summed E-state index contributed by atoms with van der Waals surface area (Å²) in [4.78, 5) is 12.4. The van der Waals surface area contributed by atoms with E-state index in [9.17, 15) is 4.79 Å². The second kappa shape index (κ2) is 4.30. The van der Waals surface area contributed by atoms with Crippen LogP contribution in [-0.4, -0.2) is 37.7 Å². The molecule has 1 fully saturated rings. The van der Waals surface area contributed by atoms with E-state index in [2.05, 4.69) is 0 Å². The fraction of sp³-hybridized carbons (Fsp3) is 0.875. The largest absolute Gasteiger partial charge is 0.385 e. The maximum atomic E-state index is 10.7. The van der Waals surface area contributed by atoms with E-state index in [4.69, 9.17) is 10.5 Å². The predicted octanol–water partition coefficient (Wildman–Crippen LogP) is 0.424. The van der Waals surface area contributed by atoms with Gasteiger partial charge in [0.25, 0.3) is 0 Å². The van der Waals surface area contributed by atoms with Gasteiger partial charge in [-0.1, -0.05) is 0 Å². The summed E-state index contributed by atoms with van der Waals surface area (Å²) < 4.78 is 4.96. The first-order valence-electron chi connectivity index (χ1n) is 4.27. The molecule has 1 rings (SSSR count). The normalized spacial score (nSPS) is 23.1. The molecule has 0 aliphatic carbocycles. The van der Waals surface area contributed by atoms with E-state index in [1.165, 1.54) is 0 Å². The lowest BCUT2D eigenvalue weighted by Crippen LogP contribution is -2.33. The maximum Gasteiger partial charge on any atom is 0.314 e. The first kappa shape index (κ1) is 9.32. The molecule has 1 unspecified atom stereocenters. The van der Waals surface area contributed by atoms with Crippen molar-refractivity contribution < 1.29 is 9.53 Å². The molecule has 1 atom stereocenters. The molecule has 2 N–H and O–H groups in total. The highest BCUT2D eigenvalue weighted by Gasteiger charge is 2.23. The van der Waals surface area contributed by atoms with Gasteiger partial charge >= 0.3 is 6.03 Å². The van der Waals surface area contributed by atoms with Gasteiger partial charge in [-0.15, -0.1) is 0 Å². The Morgan fingerprint density at radius 2 is 2.50 bits per heavy atom. The van der Waals surface area contributed by atoms with E-state index in [1.807, 2.05) is 0 Å². The van der Waals surface area contributed by atoms with E-state index in [1.54, 1.807) is 12.0 Å². The third-order valence-electron chi connectivity index (χ3n) is 2.33. The number of carbonyl (C=O) groups is 1. The molecular weight excluding hydrogens is 156 g/mol. The molecule has 0 aromatic heterocycles. The van der Waals surface area contributed by atoms with E-state index < -0.39 is 0 Å². The number of ether oxygens (including phenoxy) is 1. The van der Waals surface area contributed by atoms with Crippen molar-refractivity contribution in [1.82, 2.24) is 4.90 Å². The van der Waals surface area contributed by atoms with Gasteiger partial charge in [-0.05, 0) is 18.8 Å². The summed E-state index contributed by atoms with van der Waals surface area (Å²) in [5.74, 6) is 0.581. The van der Waals surface area contributed by atoms with Crippen molar-refractivity contribution in [2.24, 2.45) is 11.7 Å². The zero-order valence-electron chi connectivity index (χ0n) is 7.45. The highest BCUT2D eigenvalue weighted by atomic mass is 16.5. The van der Waals surface area contributed by atoms with Gasteiger partial charge in [0, 0.05) is 26.8 Å². The number of hydrogen-bond acceptors (Lipinski definition) is 2. The second-order valence-corrected chi connectivity index (χ2v) is 3.22. The lowest BCUT2D eigenvalue weighted by molar-refractivity contribution is 0.176. The summed E-state index contributed by atoms with van der Waals surface area (Å²) in [6.07, 6.45) is 2.09. The molecule has 1 aliphatic heterocycles. The first-order valence-corrected chi connectivity index (χ1v) is 4.27. The number of nitrogens with zero attached hydrogens (tertiary/aromatic N) is 1. The topological polar surface area (TPSA) is 55.6 Å². The van der Waals surface area contributed by atoms with Crippen molar-refractivity contribution in [2.45, 2.75) is 12.8 Å². The second-order valence-electron chi connectivity index (χ2n) is 3.22. The van der Waals surface area contributed by atoms with Crippen LogP contribution >= 0.6 is 0 Å². The van der Waals surface area contributed by atoms with Crippen LogP contribution in [0.15, 0.2) is 0 Å². The number of amides is 2. The minimum atomic E-state index is -0.296. The van der Waals surface area contributed by atoms with E-state index in [0.717, 1.165) is 32.5 Å². The monoisotopic (exact) mass is 172 g/mol. The number of nitrogens with two attached hydrogens (primary N) is 1. The molecule has 0 spiro atoms. The first-order chi connectivity index (χ1) is 5.74. The zero-order valence-corrected chi connectivity index (χ0v) is 7.45. The smallest absolute Gasteiger partial charge is 0.314 e. The van der Waals surface area contributed by atoms with Crippen LogP contribution in [0, 0.1) is 5.92 Å². The van der Waals surface area contributed by atoms with Gasteiger partial charge < -0.3 is 15.4 Å². The van der Waals surface area contributed by atoms with Crippen LogP contribution < -0.4 is 5.73 Å². The van der Waals surface area contributed by atoms with Crippen molar-refractivity contribution in [3.8, 4) is 0 Å².